The number of rotatable bonds is 5. The Bertz CT molecular complexity index is 907. The summed E-state index contributed by atoms with van der Waals surface area (Å²) in [5, 5.41) is 6.40. The maximum atomic E-state index is 12.0. The predicted octanol–water partition coefficient (Wildman–Crippen LogP) is 2.81. The van der Waals surface area contributed by atoms with Gasteiger partial charge in [-0.05, 0) is 45.0 Å². The Morgan fingerprint density at radius 3 is 2.71 bits per heavy atom. The van der Waals surface area contributed by atoms with Crippen molar-refractivity contribution in [1.82, 2.24) is 5.43 Å². The van der Waals surface area contributed by atoms with Gasteiger partial charge in [-0.15, -0.1) is 0 Å². The van der Waals surface area contributed by atoms with Crippen molar-refractivity contribution in [2.24, 2.45) is 5.10 Å². The molecule has 0 bridgehead atoms. The van der Waals surface area contributed by atoms with E-state index in [0.717, 1.165) is 23.3 Å². The maximum Gasteiger partial charge on any atom is 0.329 e. The molecule has 0 radical (unpaired) electrons. The number of hydrogen-bond donors (Lipinski definition) is 2. The van der Waals surface area contributed by atoms with Crippen LogP contribution in [0.3, 0.4) is 0 Å². The van der Waals surface area contributed by atoms with Crippen LogP contribution in [0.4, 0.5) is 5.69 Å². The number of hydrogen-bond acceptors (Lipinski definition) is 5. The van der Waals surface area contributed by atoms with Crippen LogP contribution in [0.25, 0.3) is 0 Å². The molecule has 1 aliphatic heterocycles. The summed E-state index contributed by atoms with van der Waals surface area (Å²) in [6.45, 7) is 6.33. The highest BCUT2D eigenvalue weighted by Gasteiger charge is 2.21. The molecule has 0 unspecified atom stereocenters. The van der Waals surface area contributed by atoms with Gasteiger partial charge in [0.2, 0.25) is 0 Å². The number of fused-ring (bicyclic) bond motifs is 1. The average Bonchev–Trinajstić information content (AvgIpc) is 3.02. The second kappa shape index (κ2) is 8.56. The first-order chi connectivity index (χ1) is 13.5. The third kappa shape index (κ3) is 4.68. The molecule has 2 N–H and O–H groups in total. The first-order valence-corrected chi connectivity index (χ1v) is 9.13. The lowest BCUT2D eigenvalue weighted by atomic mass is 10.1. The number of nitrogens with zero attached hydrogens (tertiary/aromatic N) is 1. The van der Waals surface area contributed by atoms with E-state index in [1.165, 1.54) is 6.21 Å². The molecular formula is C21H23N3O4. The van der Waals surface area contributed by atoms with Crippen LogP contribution in [-0.2, 0) is 16.0 Å². The quantitative estimate of drug-likeness (QED) is 0.473. The summed E-state index contributed by atoms with van der Waals surface area (Å²) in [6.07, 6.45) is 2.37. The molecule has 0 saturated carbocycles. The van der Waals surface area contributed by atoms with Gasteiger partial charge in [0.05, 0.1) is 12.8 Å². The fraction of sp³-hybridized carbons (Fsp3) is 0.286. The predicted molar refractivity (Wildman–Crippen MR) is 107 cm³/mol. The SMILES string of the molecule is CCOc1cc2c(cc1/C=N\NC(=O)C(=O)Nc1ccc(C)cc1)O[C@@H](C)C2. The molecule has 1 aliphatic rings. The topological polar surface area (TPSA) is 89.0 Å². The summed E-state index contributed by atoms with van der Waals surface area (Å²) in [5.74, 6) is -0.222. The van der Waals surface area contributed by atoms with E-state index in [-0.39, 0.29) is 6.10 Å². The number of benzene rings is 2. The fourth-order valence-electron chi connectivity index (χ4n) is 2.87. The molecule has 28 heavy (non-hydrogen) atoms. The van der Waals surface area contributed by atoms with Crippen LogP contribution in [0.15, 0.2) is 41.5 Å². The zero-order valence-electron chi connectivity index (χ0n) is 16.1. The van der Waals surface area contributed by atoms with E-state index in [1.807, 2.05) is 45.0 Å². The monoisotopic (exact) mass is 381 g/mol. The van der Waals surface area contributed by atoms with E-state index in [9.17, 15) is 9.59 Å². The molecule has 7 nitrogen and oxygen atoms in total. The zero-order chi connectivity index (χ0) is 20.1. The number of amides is 2. The highest BCUT2D eigenvalue weighted by Crippen LogP contribution is 2.34. The Morgan fingerprint density at radius 1 is 1.25 bits per heavy atom. The van der Waals surface area contributed by atoms with Crippen LogP contribution >= 0.6 is 0 Å². The van der Waals surface area contributed by atoms with Crippen LogP contribution in [0.5, 0.6) is 11.5 Å². The number of nitrogens with one attached hydrogen (secondary N) is 2. The normalized spacial score (nSPS) is 15.0. The molecular weight excluding hydrogens is 358 g/mol. The van der Waals surface area contributed by atoms with Gasteiger partial charge < -0.3 is 14.8 Å². The minimum Gasteiger partial charge on any atom is -0.493 e. The summed E-state index contributed by atoms with van der Waals surface area (Å²) in [6, 6.07) is 10.9. The largest absolute Gasteiger partial charge is 0.493 e. The summed E-state index contributed by atoms with van der Waals surface area (Å²) < 4.78 is 11.4. The van der Waals surface area contributed by atoms with Gasteiger partial charge in [-0.1, -0.05) is 17.7 Å². The Balaban J connectivity index is 1.65. The molecule has 1 atom stereocenters. The highest BCUT2D eigenvalue weighted by molar-refractivity contribution is 6.39. The number of carbonyl (C=O) groups is 2. The number of carbonyl (C=O) groups excluding carboxylic acids is 2. The Morgan fingerprint density at radius 2 is 2.00 bits per heavy atom. The molecule has 0 saturated heterocycles. The number of anilines is 1. The number of aryl methyl sites for hydroxylation is 1. The van der Waals surface area contributed by atoms with Crippen molar-refractivity contribution in [2.75, 3.05) is 11.9 Å². The van der Waals surface area contributed by atoms with Crippen LogP contribution in [-0.4, -0.2) is 30.7 Å². The molecule has 2 amide bonds. The molecule has 2 aromatic rings. The molecule has 146 valence electrons. The van der Waals surface area contributed by atoms with Crippen molar-refractivity contribution in [1.29, 1.82) is 0 Å². The standard InChI is InChI=1S/C21H23N3O4/c1-4-27-18-10-15-9-14(3)28-19(15)11-16(18)12-22-24-21(26)20(25)23-17-7-5-13(2)6-8-17/h5-8,10-12,14H,4,9H2,1-3H3,(H,23,25)(H,24,26)/b22-12-/t14-/m0/s1. The summed E-state index contributed by atoms with van der Waals surface area (Å²) in [7, 11) is 0. The van der Waals surface area contributed by atoms with Crippen molar-refractivity contribution in [3.8, 4) is 11.5 Å². The van der Waals surface area contributed by atoms with E-state index in [1.54, 1.807) is 12.1 Å². The van der Waals surface area contributed by atoms with Crippen LogP contribution in [0.2, 0.25) is 0 Å². The smallest absolute Gasteiger partial charge is 0.329 e. The average molecular weight is 381 g/mol. The Hall–Kier alpha value is -3.35. The van der Waals surface area contributed by atoms with Gasteiger partial charge >= 0.3 is 11.8 Å². The zero-order valence-corrected chi connectivity index (χ0v) is 16.1. The molecule has 1 heterocycles. The molecule has 3 rings (SSSR count). The number of ether oxygens (including phenoxy) is 2. The third-order valence-electron chi connectivity index (χ3n) is 4.21. The lowest BCUT2D eigenvalue weighted by Gasteiger charge is -2.09. The lowest BCUT2D eigenvalue weighted by molar-refractivity contribution is -0.136. The van der Waals surface area contributed by atoms with E-state index < -0.39 is 11.8 Å². The van der Waals surface area contributed by atoms with Crippen LogP contribution in [0.1, 0.15) is 30.5 Å². The molecule has 7 heteroatoms. The second-order valence-electron chi connectivity index (χ2n) is 6.58. The van der Waals surface area contributed by atoms with Gasteiger partial charge in [0.25, 0.3) is 0 Å². The van der Waals surface area contributed by atoms with Crippen molar-refractivity contribution in [2.45, 2.75) is 33.3 Å². The Kier molecular flexibility index (Phi) is 5.93. The van der Waals surface area contributed by atoms with Gasteiger partial charge in [-0.2, -0.15) is 5.10 Å². The van der Waals surface area contributed by atoms with Gasteiger partial charge in [-0.25, -0.2) is 5.43 Å². The van der Waals surface area contributed by atoms with E-state index in [2.05, 4.69) is 15.8 Å². The summed E-state index contributed by atoms with van der Waals surface area (Å²) in [4.78, 5) is 23.9. The van der Waals surface area contributed by atoms with Gasteiger partial charge in [0.15, 0.2) is 0 Å². The second-order valence-corrected chi connectivity index (χ2v) is 6.58. The minimum atomic E-state index is -0.860. The molecule has 2 aromatic carbocycles. The van der Waals surface area contributed by atoms with Crippen LogP contribution in [0, 0.1) is 6.92 Å². The first-order valence-electron chi connectivity index (χ1n) is 9.13. The third-order valence-corrected chi connectivity index (χ3v) is 4.21. The minimum absolute atomic E-state index is 0.113. The molecule has 0 aliphatic carbocycles. The maximum absolute atomic E-state index is 12.0. The van der Waals surface area contributed by atoms with Crippen molar-refractivity contribution < 1.29 is 19.1 Å². The fourth-order valence-corrected chi connectivity index (χ4v) is 2.87. The van der Waals surface area contributed by atoms with Crippen LogP contribution < -0.4 is 20.2 Å². The molecule has 0 aromatic heterocycles. The van der Waals surface area contributed by atoms with E-state index >= 15 is 0 Å². The van der Waals surface area contributed by atoms with E-state index in [4.69, 9.17) is 9.47 Å². The Labute approximate surface area is 163 Å². The van der Waals surface area contributed by atoms with Crippen molar-refractivity contribution >= 4 is 23.7 Å². The van der Waals surface area contributed by atoms with Crippen molar-refractivity contribution in [3.05, 3.63) is 53.1 Å². The summed E-state index contributed by atoms with van der Waals surface area (Å²) >= 11 is 0. The first kappa shape index (κ1) is 19.4. The summed E-state index contributed by atoms with van der Waals surface area (Å²) in [5.41, 5.74) is 5.57. The van der Waals surface area contributed by atoms with Crippen molar-refractivity contribution in [3.63, 3.8) is 0 Å². The van der Waals surface area contributed by atoms with Gasteiger partial charge in [-0.3, -0.25) is 9.59 Å². The number of hydrazone groups is 1. The highest BCUT2D eigenvalue weighted by atomic mass is 16.5. The van der Waals surface area contributed by atoms with Gasteiger partial charge in [0, 0.05) is 23.2 Å². The molecule has 0 fully saturated rings. The lowest BCUT2D eigenvalue weighted by Crippen LogP contribution is -2.32. The van der Waals surface area contributed by atoms with E-state index in [0.29, 0.717) is 23.6 Å². The molecule has 0 spiro atoms. The van der Waals surface area contributed by atoms with Gasteiger partial charge in [0.1, 0.15) is 17.6 Å².